The first-order chi connectivity index (χ1) is 14.1. The Morgan fingerprint density at radius 1 is 1.14 bits per heavy atom. The van der Waals surface area contributed by atoms with Gasteiger partial charge in [-0.25, -0.2) is 9.78 Å². The number of hydrogen-bond donors (Lipinski definition) is 0. The van der Waals surface area contributed by atoms with Crippen molar-refractivity contribution in [1.82, 2.24) is 9.97 Å². The number of ether oxygens (including phenoxy) is 2. The van der Waals surface area contributed by atoms with Crippen molar-refractivity contribution < 1.29 is 14.3 Å². The van der Waals surface area contributed by atoms with E-state index in [0.29, 0.717) is 18.7 Å². The molecular formula is C22H22BrN3O3. The second kappa shape index (κ2) is 10.0. The van der Waals surface area contributed by atoms with Crippen LogP contribution in [0.15, 0.2) is 65.5 Å². The standard InChI is InChI=1S/C22H22BrN3O3/c1-3-26(21-7-4-17(13-25-21)22(27)28-2)14-18-12-19(23)5-6-20(18)29-15-16-8-10-24-11-9-16/h4-13H,3,14-15H2,1-2H3. The van der Waals surface area contributed by atoms with Crippen molar-refractivity contribution in [2.75, 3.05) is 18.6 Å². The Morgan fingerprint density at radius 2 is 1.93 bits per heavy atom. The summed E-state index contributed by atoms with van der Waals surface area (Å²) < 4.78 is 11.8. The Hall–Kier alpha value is -2.93. The first kappa shape index (κ1) is 20.8. The molecule has 3 aromatic rings. The smallest absolute Gasteiger partial charge is 0.339 e. The molecule has 0 aliphatic rings. The highest BCUT2D eigenvalue weighted by Crippen LogP contribution is 2.27. The van der Waals surface area contributed by atoms with E-state index in [2.05, 4.69) is 37.7 Å². The molecule has 0 bridgehead atoms. The summed E-state index contributed by atoms with van der Waals surface area (Å²) >= 11 is 3.54. The van der Waals surface area contributed by atoms with E-state index in [-0.39, 0.29) is 0 Å². The van der Waals surface area contributed by atoms with E-state index in [1.807, 2.05) is 36.4 Å². The van der Waals surface area contributed by atoms with Gasteiger partial charge in [0.25, 0.3) is 0 Å². The molecule has 150 valence electrons. The molecule has 0 amide bonds. The molecule has 29 heavy (non-hydrogen) atoms. The molecule has 2 aromatic heterocycles. The summed E-state index contributed by atoms with van der Waals surface area (Å²) in [5, 5.41) is 0. The first-order valence-corrected chi connectivity index (χ1v) is 9.99. The average Bonchev–Trinajstić information content (AvgIpc) is 2.77. The number of nitrogens with zero attached hydrogens (tertiary/aromatic N) is 3. The zero-order valence-electron chi connectivity index (χ0n) is 16.3. The van der Waals surface area contributed by atoms with Gasteiger partial charge in [0.1, 0.15) is 18.2 Å². The van der Waals surface area contributed by atoms with Gasteiger partial charge in [-0.05, 0) is 55.0 Å². The molecule has 0 radical (unpaired) electrons. The highest BCUT2D eigenvalue weighted by molar-refractivity contribution is 9.10. The number of carbonyl (C=O) groups excluding carboxylic acids is 1. The van der Waals surface area contributed by atoms with Crippen LogP contribution in [0.1, 0.15) is 28.4 Å². The summed E-state index contributed by atoms with van der Waals surface area (Å²) in [6.07, 6.45) is 5.04. The summed E-state index contributed by atoms with van der Waals surface area (Å²) in [6.45, 7) is 3.90. The number of pyridine rings is 2. The number of aromatic nitrogens is 2. The third-order valence-corrected chi connectivity index (χ3v) is 4.90. The number of anilines is 1. The van der Waals surface area contributed by atoms with E-state index < -0.39 is 5.97 Å². The number of rotatable bonds is 8. The first-order valence-electron chi connectivity index (χ1n) is 9.20. The van der Waals surface area contributed by atoms with E-state index in [1.54, 1.807) is 18.5 Å². The maximum Gasteiger partial charge on any atom is 0.339 e. The second-order valence-electron chi connectivity index (χ2n) is 6.31. The van der Waals surface area contributed by atoms with Gasteiger partial charge in [0, 0.05) is 41.7 Å². The van der Waals surface area contributed by atoms with Crippen LogP contribution < -0.4 is 9.64 Å². The van der Waals surface area contributed by atoms with E-state index in [9.17, 15) is 4.79 Å². The molecule has 0 atom stereocenters. The van der Waals surface area contributed by atoms with Crippen LogP contribution in [0.5, 0.6) is 5.75 Å². The minimum atomic E-state index is -0.397. The zero-order valence-corrected chi connectivity index (χ0v) is 17.9. The second-order valence-corrected chi connectivity index (χ2v) is 7.22. The van der Waals surface area contributed by atoms with Crippen molar-refractivity contribution in [3.05, 3.63) is 82.2 Å². The van der Waals surface area contributed by atoms with E-state index in [1.165, 1.54) is 13.3 Å². The van der Waals surface area contributed by atoms with Crippen LogP contribution >= 0.6 is 15.9 Å². The molecule has 0 N–H and O–H groups in total. The number of carbonyl (C=O) groups is 1. The monoisotopic (exact) mass is 455 g/mol. The number of esters is 1. The molecule has 0 fully saturated rings. The summed E-state index contributed by atoms with van der Waals surface area (Å²) in [5.41, 5.74) is 2.52. The lowest BCUT2D eigenvalue weighted by Crippen LogP contribution is -2.23. The fourth-order valence-corrected chi connectivity index (χ4v) is 3.23. The molecule has 1 aromatic carbocycles. The van der Waals surface area contributed by atoms with E-state index in [0.717, 1.165) is 33.7 Å². The van der Waals surface area contributed by atoms with Crippen LogP contribution in [-0.4, -0.2) is 29.6 Å². The van der Waals surface area contributed by atoms with Crippen molar-refractivity contribution >= 4 is 27.7 Å². The summed E-state index contributed by atoms with van der Waals surface area (Å²) in [4.78, 5) is 22.2. The molecule has 0 spiro atoms. The van der Waals surface area contributed by atoms with Crippen LogP contribution in [-0.2, 0) is 17.9 Å². The lowest BCUT2D eigenvalue weighted by Gasteiger charge is -2.23. The Morgan fingerprint density at radius 3 is 2.59 bits per heavy atom. The van der Waals surface area contributed by atoms with Gasteiger partial charge in [-0.2, -0.15) is 0 Å². The minimum Gasteiger partial charge on any atom is -0.489 e. The number of methoxy groups -OCH3 is 1. The van der Waals surface area contributed by atoms with Crippen LogP contribution in [0, 0.1) is 0 Å². The Kier molecular flexibility index (Phi) is 7.19. The molecule has 0 unspecified atom stereocenters. The van der Waals surface area contributed by atoms with Gasteiger partial charge in [0.15, 0.2) is 0 Å². The molecule has 0 aliphatic heterocycles. The SMILES string of the molecule is CCN(Cc1cc(Br)ccc1OCc1ccncc1)c1ccc(C(=O)OC)cn1. The molecule has 2 heterocycles. The van der Waals surface area contributed by atoms with Crippen molar-refractivity contribution in [1.29, 1.82) is 0 Å². The molecule has 3 rings (SSSR count). The molecule has 0 saturated heterocycles. The highest BCUT2D eigenvalue weighted by atomic mass is 79.9. The van der Waals surface area contributed by atoms with Gasteiger partial charge in [-0.15, -0.1) is 0 Å². The maximum absolute atomic E-state index is 11.6. The van der Waals surface area contributed by atoms with Crippen LogP contribution in [0.25, 0.3) is 0 Å². The van der Waals surface area contributed by atoms with Crippen LogP contribution in [0.4, 0.5) is 5.82 Å². The summed E-state index contributed by atoms with van der Waals surface area (Å²) in [5.74, 6) is 1.20. The highest BCUT2D eigenvalue weighted by Gasteiger charge is 2.13. The van der Waals surface area contributed by atoms with Crippen LogP contribution in [0.2, 0.25) is 0 Å². The molecular weight excluding hydrogens is 434 g/mol. The zero-order chi connectivity index (χ0) is 20.6. The lowest BCUT2D eigenvalue weighted by molar-refractivity contribution is 0.0600. The molecule has 6 nitrogen and oxygen atoms in total. The largest absolute Gasteiger partial charge is 0.489 e. The Bertz CT molecular complexity index is 949. The van der Waals surface area contributed by atoms with Gasteiger partial charge < -0.3 is 14.4 Å². The average molecular weight is 456 g/mol. The predicted molar refractivity (Wildman–Crippen MR) is 115 cm³/mol. The van der Waals surface area contributed by atoms with Gasteiger partial charge in [0.05, 0.1) is 12.7 Å². The van der Waals surface area contributed by atoms with Gasteiger partial charge in [-0.1, -0.05) is 15.9 Å². The van der Waals surface area contributed by atoms with Crippen molar-refractivity contribution in [2.45, 2.75) is 20.1 Å². The molecule has 0 aliphatic carbocycles. The number of halogens is 1. The van der Waals surface area contributed by atoms with Crippen molar-refractivity contribution in [3.8, 4) is 5.75 Å². The lowest BCUT2D eigenvalue weighted by atomic mass is 10.1. The third-order valence-electron chi connectivity index (χ3n) is 4.40. The Balaban J connectivity index is 1.78. The summed E-state index contributed by atoms with van der Waals surface area (Å²) in [7, 11) is 1.36. The fourth-order valence-electron chi connectivity index (χ4n) is 2.82. The number of benzene rings is 1. The van der Waals surface area contributed by atoms with Gasteiger partial charge in [-0.3, -0.25) is 4.98 Å². The van der Waals surface area contributed by atoms with Crippen molar-refractivity contribution in [2.24, 2.45) is 0 Å². The number of hydrogen-bond acceptors (Lipinski definition) is 6. The Labute approximate surface area is 178 Å². The molecule has 7 heteroatoms. The van der Waals surface area contributed by atoms with Gasteiger partial charge in [0.2, 0.25) is 0 Å². The van der Waals surface area contributed by atoms with E-state index in [4.69, 9.17) is 9.47 Å². The predicted octanol–water partition coefficient (Wildman–Crippen LogP) is 4.63. The normalized spacial score (nSPS) is 10.4. The van der Waals surface area contributed by atoms with E-state index >= 15 is 0 Å². The van der Waals surface area contributed by atoms with Crippen molar-refractivity contribution in [3.63, 3.8) is 0 Å². The summed E-state index contributed by atoms with van der Waals surface area (Å²) in [6, 6.07) is 13.4. The topological polar surface area (TPSA) is 64.5 Å². The van der Waals surface area contributed by atoms with Crippen LogP contribution in [0.3, 0.4) is 0 Å². The van der Waals surface area contributed by atoms with Gasteiger partial charge >= 0.3 is 5.97 Å². The maximum atomic E-state index is 11.6. The quantitative estimate of drug-likeness (QED) is 0.461. The molecule has 0 saturated carbocycles. The third kappa shape index (κ3) is 5.54. The minimum absolute atomic E-state index is 0.397. The fraction of sp³-hybridized carbons (Fsp3) is 0.227.